The van der Waals surface area contributed by atoms with E-state index in [0.29, 0.717) is 38.4 Å². The lowest BCUT2D eigenvalue weighted by Gasteiger charge is -2.08. The Bertz CT molecular complexity index is 1140. The first kappa shape index (κ1) is 17.4. The van der Waals surface area contributed by atoms with Gasteiger partial charge >= 0.3 is 6.03 Å². The van der Waals surface area contributed by atoms with Crippen LogP contribution in [0.5, 0.6) is 0 Å². The van der Waals surface area contributed by atoms with Crippen LogP contribution in [0.2, 0.25) is 10.0 Å². The van der Waals surface area contributed by atoms with Crippen molar-refractivity contribution in [2.45, 2.75) is 0 Å². The van der Waals surface area contributed by atoms with Crippen molar-refractivity contribution < 1.29 is 9.21 Å². The van der Waals surface area contributed by atoms with E-state index in [9.17, 15) is 4.79 Å². The quantitative estimate of drug-likeness (QED) is 0.417. The average Bonchev–Trinajstić information content (AvgIpc) is 3.05. The zero-order chi connectivity index (χ0) is 18.8. The molecule has 27 heavy (non-hydrogen) atoms. The number of carbonyl (C=O) groups excluding carboxylic acids is 1. The maximum Gasteiger partial charge on any atom is 0.323 e. The number of hydrogen-bond acceptors (Lipinski definition) is 3. The zero-order valence-electron chi connectivity index (χ0n) is 13.9. The van der Waals surface area contributed by atoms with E-state index in [0.717, 1.165) is 5.56 Å². The molecule has 0 radical (unpaired) electrons. The fourth-order valence-electron chi connectivity index (χ4n) is 2.61. The number of fused-ring (bicyclic) bond motifs is 1. The third-order valence-electron chi connectivity index (χ3n) is 3.80. The van der Waals surface area contributed by atoms with Gasteiger partial charge in [-0.3, -0.25) is 0 Å². The Morgan fingerprint density at radius 1 is 0.852 bits per heavy atom. The molecule has 134 valence electrons. The van der Waals surface area contributed by atoms with Gasteiger partial charge in [0.05, 0.1) is 0 Å². The van der Waals surface area contributed by atoms with Gasteiger partial charge in [-0.1, -0.05) is 35.3 Å². The normalized spacial score (nSPS) is 10.7. The number of rotatable bonds is 3. The molecule has 0 fully saturated rings. The van der Waals surface area contributed by atoms with Gasteiger partial charge in [0.25, 0.3) is 0 Å². The predicted octanol–water partition coefficient (Wildman–Crippen LogP) is 6.45. The van der Waals surface area contributed by atoms with E-state index < -0.39 is 0 Å². The van der Waals surface area contributed by atoms with Gasteiger partial charge < -0.3 is 15.1 Å². The van der Waals surface area contributed by atoms with Crippen molar-refractivity contribution in [3.05, 3.63) is 76.8 Å². The number of aromatic nitrogens is 1. The summed E-state index contributed by atoms with van der Waals surface area (Å²) in [5, 5.41) is 6.65. The van der Waals surface area contributed by atoms with Gasteiger partial charge in [0.15, 0.2) is 5.58 Å². The van der Waals surface area contributed by atoms with E-state index in [1.54, 1.807) is 54.6 Å². The number of anilines is 2. The topological polar surface area (TPSA) is 67.2 Å². The first-order valence-corrected chi connectivity index (χ1v) is 8.82. The summed E-state index contributed by atoms with van der Waals surface area (Å²) in [6.07, 6.45) is 0. The standard InChI is InChI=1S/C20H13Cl2N3O2/c21-13-4-2-6-16(10-13)24-20(26)23-15-5-1-3-12(9-15)19-25-17-11-14(22)7-8-18(17)27-19/h1-11H,(H2,23,24,26). The summed E-state index contributed by atoms with van der Waals surface area (Å²) in [4.78, 5) is 16.6. The number of benzene rings is 3. The maximum absolute atomic E-state index is 12.2. The molecule has 0 aliphatic heterocycles. The fraction of sp³-hybridized carbons (Fsp3) is 0. The highest BCUT2D eigenvalue weighted by atomic mass is 35.5. The van der Waals surface area contributed by atoms with Crippen LogP contribution in [-0.2, 0) is 0 Å². The summed E-state index contributed by atoms with van der Waals surface area (Å²) in [6, 6.07) is 19.0. The number of halogens is 2. The molecule has 1 heterocycles. The molecule has 0 saturated carbocycles. The fourth-order valence-corrected chi connectivity index (χ4v) is 2.97. The Morgan fingerprint density at radius 2 is 1.56 bits per heavy atom. The molecule has 0 spiro atoms. The molecule has 0 atom stereocenters. The second kappa shape index (κ2) is 7.31. The Kier molecular flexibility index (Phi) is 4.71. The molecule has 4 aromatic rings. The maximum atomic E-state index is 12.2. The van der Waals surface area contributed by atoms with Gasteiger partial charge in [-0.2, -0.15) is 0 Å². The van der Waals surface area contributed by atoms with E-state index >= 15 is 0 Å². The van der Waals surface area contributed by atoms with E-state index in [1.165, 1.54) is 0 Å². The summed E-state index contributed by atoms with van der Waals surface area (Å²) in [6.45, 7) is 0. The van der Waals surface area contributed by atoms with Crippen molar-refractivity contribution in [1.29, 1.82) is 0 Å². The Hall–Kier alpha value is -3.02. The lowest BCUT2D eigenvalue weighted by molar-refractivity contribution is 0.262. The predicted molar refractivity (Wildman–Crippen MR) is 109 cm³/mol. The van der Waals surface area contributed by atoms with Gasteiger partial charge in [0.1, 0.15) is 5.52 Å². The van der Waals surface area contributed by atoms with Gasteiger partial charge in [0, 0.05) is 27.0 Å². The van der Waals surface area contributed by atoms with Crippen molar-refractivity contribution in [1.82, 2.24) is 4.98 Å². The average molecular weight is 398 g/mol. The number of nitrogens with one attached hydrogen (secondary N) is 2. The first-order valence-electron chi connectivity index (χ1n) is 8.07. The molecule has 2 N–H and O–H groups in total. The van der Waals surface area contributed by atoms with Gasteiger partial charge in [-0.15, -0.1) is 0 Å². The van der Waals surface area contributed by atoms with Crippen LogP contribution in [0.1, 0.15) is 0 Å². The summed E-state index contributed by atoms with van der Waals surface area (Å²) >= 11 is 11.9. The van der Waals surface area contributed by atoms with Crippen LogP contribution in [0, 0.1) is 0 Å². The number of nitrogens with zero attached hydrogens (tertiary/aromatic N) is 1. The molecule has 0 aliphatic carbocycles. The minimum absolute atomic E-state index is 0.376. The summed E-state index contributed by atoms with van der Waals surface area (Å²) in [5.41, 5.74) is 3.27. The molecule has 0 saturated heterocycles. The molecule has 5 nitrogen and oxygen atoms in total. The molecule has 3 aromatic carbocycles. The van der Waals surface area contributed by atoms with Crippen LogP contribution in [-0.4, -0.2) is 11.0 Å². The lowest BCUT2D eigenvalue weighted by Crippen LogP contribution is -2.19. The van der Waals surface area contributed by atoms with Gasteiger partial charge in [0.2, 0.25) is 5.89 Å². The van der Waals surface area contributed by atoms with Crippen LogP contribution in [0.4, 0.5) is 16.2 Å². The molecule has 0 bridgehead atoms. The third-order valence-corrected chi connectivity index (χ3v) is 4.27. The van der Waals surface area contributed by atoms with Crippen molar-refractivity contribution in [2.75, 3.05) is 10.6 Å². The molecule has 1 aromatic heterocycles. The molecular weight excluding hydrogens is 385 g/mol. The molecule has 4 rings (SSSR count). The SMILES string of the molecule is O=C(Nc1cccc(Cl)c1)Nc1cccc(-c2nc3cc(Cl)ccc3o2)c1. The highest BCUT2D eigenvalue weighted by molar-refractivity contribution is 6.31. The van der Waals surface area contributed by atoms with Gasteiger partial charge in [-0.25, -0.2) is 9.78 Å². The zero-order valence-corrected chi connectivity index (χ0v) is 15.4. The molecule has 7 heteroatoms. The van der Waals surface area contributed by atoms with Crippen molar-refractivity contribution in [3.8, 4) is 11.5 Å². The summed E-state index contributed by atoms with van der Waals surface area (Å²) in [5.74, 6) is 0.450. The second-order valence-electron chi connectivity index (χ2n) is 5.80. The van der Waals surface area contributed by atoms with Crippen LogP contribution in [0.25, 0.3) is 22.6 Å². The van der Waals surface area contributed by atoms with Crippen molar-refractivity contribution in [3.63, 3.8) is 0 Å². The number of oxazole rings is 1. The number of urea groups is 1. The highest BCUT2D eigenvalue weighted by Gasteiger charge is 2.10. The molecule has 0 aliphatic rings. The van der Waals surface area contributed by atoms with Crippen LogP contribution in [0.15, 0.2) is 71.1 Å². The summed E-state index contributed by atoms with van der Waals surface area (Å²) in [7, 11) is 0. The highest BCUT2D eigenvalue weighted by Crippen LogP contribution is 2.27. The van der Waals surface area contributed by atoms with E-state index in [1.807, 2.05) is 12.1 Å². The van der Waals surface area contributed by atoms with Gasteiger partial charge in [-0.05, 0) is 54.6 Å². The van der Waals surface area contributed by atoms with E-state index in [-0.39, 0.29) is 6.03 Å². The minimum atomic E-state index is -0.376. The molecule has 0 unspecified atom stereocenters. The van der Waals surface area contributed by atoms with E-state index in [4.69, 9.17) is 27.6 Å². The van der Waals surface area contributed by atoms with E-state index in [2.05, 4.69) is 15.6 Å². The van der Waals surface area contributed by atoms with Crippen LogP contribution < -0.4 is 10.6 Å². The molecular formula is C20H13Cl2N3O2. The summed E-state index contributed by atoms with van der Waals surface area (Å²) < 4.78 is 5.77. The Balaban J connectivity index is 1.53. The smallest absolute Gasteiger partial charge is 0.323 e. The van der Waals surface area contributed by atoms with Crippen LogP contribution in [0.3, 0.4) is 0 Å². The minimum Gasteiger partial charge on any atom is -0.436 e. The Morgan fingerprint density at radius 3 is 2.33 bits per heavy atom. The third kappa shape index (κ3) is 4.05. The van der Waals surface area contributed by atoms with Crippen molar-refractivity contribution >= 4 is 51.7 Å². The van der Waals surface area contributed by atoms with Crippen molar-refractivity contribution in [2.24, 2.45) is 0 Å². The molecule has 2 amide bonds. The Labute approximate surface area is 164 Å². The monoisotopic (exact) mass is 397 g/mol. The number of hydrogen-bond donors (Lipinski definition) is 2. The second-order valence-corrected chi connectivity index (χ2v) is 6.67. The lowest BCUT2D eigenvalue weighted by atomic mass is 10.2. The first-order chi connectivity index (χ1) is 13.1. The number of amides is 2. The van der Waals surface area contributed by atoms with Crippen LogP contribution >= 0.6 is 23.2 Å². The largest absolute Gasteiger partial charge is 0.436 e. The number of carbonyl (C=O) groups is 1.